The fraction of sp³-hybridized carbons (Fsp3) is 0.667. The first-order chi connectivity index (χ1) is 5.70. The predicted molar refractivity (Wildman–Crippen MR) is 48.9 cm³/mol. The Kier molecular flexibility index (Phi) is 6.38. The van der Waals surface area contributed by atoms with Crippen LogP contribution in [0.25, 0.3) is 0 Å². The molecule has 0 spiro atoms. The first-order valence-corrected chi connectivity index (χ1v) is 4.23. The molecule has 0 aliphatic rings. The molecule has 1 atom stereocenters. The molecule has 0 bridgehead atoms. The first kappa shape index (κ1) is 11.2. The molecule has 0 aliphatic carbocycles. The maximum absolute atomic E-state index is 10.6. The Bertz CT molecular complexity index is 145. The van der Waals surface area contributed by atoms with E-state index < -0.39 is 0 Å². The summed E-state index contributed by atoms with van der Waals surface area (Å²) in [6.45, 7) is 8.81. The van der Waals surface area contributed by atoms with Crippen molar-refractivity contribution in [3.63, 3.8) is 0 Å². The first-order valence-electron chi connectivity index (χ1n) is 4.23. The summed E-state index contributed by atoms with van der Waals surface area (Å²) in [6.07, 6.45) is 2.02. The second kappa shape index (κ2) is 6.85. The molecule has 0 radical (unpaired) electrons. The molecule has 0 aromatic rings. The van der Waals surface area contributed by atoms with Gasteiger partial charge in [0.05, 0.1) is 6.61 Å². The molecule has 1 N–H and O–H groups in total. The van der Waals surface area contributed by atoms with Gasteiger partial charge in [-0.25, -0.2) is 4.79 Å². The Balaban J connectivity index is 3.30. The third-order valence-corrected chi connectivity index (χ3v) is 1.51. The lowest BCUT2D eigenvalue weighted by Crippen LogP contribution is -2.27. The summed E-state index contributed by atoms with van der Waals surface area (Å²) < 4.78 is 4.81. The number of hydrogen-bond acceptors (Lipinski definition) is 3. The van der Waals surface area contributed by atoms with Crippen LogP contribution in [0.3, 0.4) is 0 Å². The molecule has 0 saturated carbocycles. The molecule has 0 rings (SSSR count). The molecule has 3 heteroatoms. The van der Waals surface area contributed by atoms with E-state index in [-0.39, 0.29) is 5.97 Å². The Hall–Kier alpha value is -0.830. The number of nitrogens with one attached hydrogen (secondary N) is 1. The van der Waals surface area contributed by atoms with Crippen molar-refractivity contribution in [3.05, 3.63) is 12.7 Å². The van der Waals surface area contributed by atoms with Crippen molar-refractivity contribution < 1.29 is 9.53 Å². The maximum Gasteiger partial charge on any atom is 0.330 e. The topological polar surface area (TPSA) is 38.3 Å². The minimum Gasteiger partial charge on any atom is -0.462 e. The highest BCUT2D eigenvalue weighted by Gasteiger charge is 2.00. The van der Waals surface area contributed by atoms with E-state index in [1.807, 2.05) is 6.92 Å². The lowest BCUT2D eigenvalue weighted by molar-refractivity contribution is -0.137. The van der Waals surface area contributed by atoms with Gasteiger partial charge in [0, 0.05) is 12.1 Å². The van der Waals surface area contributed by atoms with Gasteiger partial charge in [-0.2, -0.15) is 0 Å². The highest BCUT2D eigenvalue weighted by atomic mass is 16.5. The van der Waals surface area contributed by atoms with E-state index >= 15 is 0 Å². The summed E-state index contributed by atoms with van der Waals surface area (Å²) in [5, 5.41) is 3.22. The van der Waals surface area contributed by atoms with Gasteiger partial charge < -0.3 is 10.1 Å². The predicted octanol–water partition coefficient (Wildman–Crippen LogP) is 1.10. The monoisotopic (exact) mass is 171 g/mol. The van der Waals surface area contributed by atoms with Gasteiger partial charge in [0.15, 0.2) is 0 Å². The molecule has 0 heterocycles. The number of esters is 1. The van der Waals surface area contributed by atoms with Gasteiger partial charge in [-0.1, -0.05) is 13.5 Å². The Morgan fingerprint density at radius 1 is 1.75 bits per heavy atom. The molecule has 12 heavy (non-hydrogen) atoms. The van der Waals surface area contributed by atoms with E-state index in [1.165, 1.54) is 6.08 Å². The minimum atomic E-state index is -0.348. The third kappa shape index (κ3) is 5.92. The van der Waals surface area contributed by atoms with Crippen molar-refractivity contribution in [1.82, 2.24) is 5.32 Å². The van der Waals surface area contributed by atoms with Gasteiger partial charge in [-0.05, 0) is 19.9 Å². The van der Waals surface area contributed by atoms with Gasteiger partial charge in [0.1, 0.15) is 0 Å². The van der Waals surface area contributed by atoms with Crippen LogP contribution in [-0.2, 0) is 9.53 Å². The van der Waals surface area contributed by atoms with Crippen LogP contribution in [0.5, 0.6) is 0 Å². The van der Waals surface area contributed by atoms with Crippen molar-refractivity contribution in [1.29, 1.82) is 0 Å². The minimum absolute atomic E-state index is 0.348. The van der Waals surface area contributed by atoms with Gasteiger partial charge in [0.2, 0.25) is 0 Å². The number of hydrogen-bond donors (Lipinski definition) is 1. The molecule has 0 aromatic carbocycles. The lowest BCUT2D eigenvalue weighted by atomic mass is 10.2. The van der Waals surface area contributed by atoms with Gasteiger partial charge in [-0.15, -0.1) is 0 Å². The van der Waals surface area contributed by atoms with Crippen LogP contribution in [-0.4, -0.2) is 25.2 Å². The number of carbonyl (C=O) groups is 1. The highest BCUT2D eigenvalue weighted by Crippen LogP contribution is 1.91. The van der Waals surface area contributed by atoms with Crippen LogP contribution < -0.4 is 5.32 Å². The van der Waals surface area contributed by atoms with Gasteiger partial charge in [-0.3, -0.25) is 0 Å². The van der Waals surface area contributed by atoms with E-state index in [0.717, 1.165) is 13.0 Å². The van der Waals surface area contributed by atoms with Gasteiger partial charge >= 0.3 is 5.97 Å². The Labute approximate surface area is 73.8 Å². The highest BCUT2D eigenvalue weighted by molar-refractivity contribution is 5.81. The van der Waals surface area contributed by atoms with Crippen LogP contribution >= 0.6 is 0 Å². The molecule has 0 aromatic heterocycles. The third-order valence-electron chi connectivity index (χ3n) is 1.51. The average Bonchev–Trinajstić information content (AvgIpc) is 2.04. The Morgan fingerprint density at radius 3 is 2.92 bits per heavy atom. The van der Waals surface area contributed by atoms with Crippen molar-refractivity contribution in [2.75, 3.05) is 13.2 Å². The summed E-state index contributed by atoms with van der Waals surface area (Å²) in [6, 6.07) is 0.396. The molecule has 0 saturated heterocycles. The van der Waals surface area contributed by atoms with E-state index in [2.05, 4.69) is 18.8 Å². The summed E-state index contributed by atoms with van der Waals surface area (Å²) in [5.74, 6) is -0.348. The normalized spacial score (nSPS) is 12.2. The largest absolute Gasteiger partial charge is 0.462 e. The standard InChI is InChI=1S/C9H17NO2/c1-4-9(11)12-7-6-8(3)10-5-2/h4,8,10H,1,5-7H2,2-3H3. The molecular weight excluding hydrogens is 154 g/mol. The lowest BCUT2D eigenvalue weighted by Gasteiger charge is -2.11. The smallest absolute Gasteiger partial charge is 0.330 e. The van der Waals surface area contributed by atoms with Crippen LogP contribution in [0.2, 0.25) is 0 Å². The molecular formula is C9H17NO2. The van der Waals surface area contributed by atoms with Crippen molar-refractivity contribution >= 4 is 5.97 Å². The van der Waals surface area contributed by atoms with Crippen molar-refractivity contribution in [2.45, 2.75) is 26.3 Å². The van der Waals surface area contributed by atoms with E-state index in [1.54, 1.807) is 0 Å². The van der Waals surface area contributed by atoms with Crippen molar-refractivity contribution in [3.8, 4) is 0 Å². The van der Waals surface area contributed by atoms with Crippen LogP contribution in [0.4, 0.5) is 0 Å². The van der Waals surface area contributed by atoms with E-state index in [0.29, 0.717) is 12.6 Å². The molecule has 0 fully saturated rings. The molecule has 0 aliphatic heterocycles. The SMILES string of the molecule is C=CC(=O)OCCC(C)NCC. The zero-order valence-electron chi connectivity index (χ0n) is 7.80. The Morgan fingerprint density at radius 2 is 2.42 bits per heavy atom. The zero-order chi connectivity index (χ0) is 9.40. The van der Waals surface area contributed by atoms with E-state index in [9.17, 15) is 4.79 Å². The molecule has 70 valence electrons. The fourth-order valence-electron chi connectivity index (χ4n) is 0.846. The molecule has 1 unspecified atom stereocenters. The second-order valence-corrected chi connectivity index (χ2v) is 2.62. The van der Waals surface area contributed by atoms with Crippen molar-refractivity contribution in [2.24, 2.45) is 0 Å². The summed E-state index contributed by atoms with van der Waals surface area (Å²) >= 11 is 0. The maximum atomic E-state index is 10.6. The number of rotatable bonds is 6. The summed E-state index contributed by atoms with van der Waals surface area (Å²) in [7, 11) is 0. The summed E-state index contributed by atoms with van der Waals surface area (Å²) in [4.78, 5) is 10.6. The number of ether oxygens (including phenoxy) is 1. The molecule has 3 nitrogen and oxygen atoms in total. The second-order valence-electron chi connectivity index (χ2n) is 2.62. The average molecular weight is 171 g/mol. The fourth-order valence-corrected chi connectivity index (χ4v) is 0.846. The number of carbonyl (C=O) groups excluding carboxylic acids is 1. The summed E-state index contributed by atoms with van der Waals surface area (Å²) in [5.41, 5.74) is 0. The van der Waals surface area contributed by atoms with Crippen LogP contribution in [0.1, 0.15) is 20.3 Å². The van der Waals surface area contributed by atoms with Gasteiger partial charge in [0.25, 0.3) is 0 Å². The molecule has 0 amide bonds. The van der Waals surface area contributed by atoms with Crippen LogP contribution in [0.15, 0.2) is 12.7 Å². The van der Waals surface area contributed by atoms with Crippen LogP contribution in [0, 0.1) is 0 Å². The quantitative estimate of drug-likeness (QED) is 0.480. The zero-order valence-corrected chi connectivity index (χ0v) is 7.80. The van der Waals surface area contributed by atoms with E-state index in [4.69, 9.17) is 4.74 Å².